The van der Waals surface area contributed by atoms with Gasteiger partial charge in [-0.2, -0.15) is 0 Å². The average Bonchev–Trinajstić information content (AvgIpc) is 3.21. The molecule has 0 aliphatic heterocycles. The lowest BCUT2D eigenvalue weighted by Crippen LogP contribution is -2.54. The number of carbonyl (C=O) groups is 2. The number of carbonyl (C=O) groups excluding carboxylic acids is 2. The number of aliphatic hydroxyl groups is 1. The zero-order valence-electron chi connectivity index (χ0n) is 23.5. The molecule has 0 saturated heterocycles. The minimum absolute atomic E-state index is 0.121. The Bertz CT molecular complexity index is 861. The van der Waals surface area contributed by atoms with E-state index in [1.54, 1.807) is 0 Å². The number of rotatable bonds is 9. The van der Waals surface area contributed by atoms with Crippen molar-refractivity contribution in [3.63, 3.8) is 0 Å². The van der Waals surface area contributed by atoms with E-state index >= 15 is 0 Å². The summed E-state index contributed by atoms with van der Waals surface area (Å²) < 4.78 is 48.3. The Labute approximate surface area is 225 Å². The number of alkyl halides is 3. The van der Waals surface area contributed by atoms with Gasteiger partial charge in [0.05, 0.1) is 6.10 Å². The second-order valence-corrected chi connectivity index (χ2v) is 13.6. The van der Waals surface area contributed by atoms with E-state index in [4.69, 9.17) is 4.74 Å². The van der Waals surface area contributed by atoms with Crippen molar-refractivity contribution >= 4 is 11.9 Å². The average molecular weight is 545 g/mol. The second kappa shape index (κ2) is 11.3. The summed E-state index contributed by atoms with van der Waals surface area (Å²) in [5.41, 5.74) is 0.635. The highest BCUT2D eigenvalue weighted by atomic mass is 19.3. The quantitative estimate of drug-likeness (QED) is 0.336. The number of hydrogen-bond donors (Lipinski definition) is 1. The molecule has 1 N–H and O–H groups in total. The van der Waals surface area contributed by atoms with Gasteiger partial charge in [0.2, 0.25) is 0 Å². The molecule has 5 nitrogen and oxygen atoms in total. The largest absolute Gasteiger partial charge is 0.460 e. The van der Waals surface area contributed by atoms with Crippen LogP contribution in [0.25, 0.3) is 0 Å². The standard InChI is InChI=1S/C30H47F3O5/c1-18(5-10-26(35)38-17-27(36)37-16-25(31)30(4,32)33)22-8-9-23-21-7-6-19-15-20(34)11-13-28(19,2)24(21)12-14-29(22,23)3/h18-25,34H,5-17H2,1-4H3/t18-,19-,20-,21+,22-,23+,24+,25?,28+,29-/m1/s1. The Hall–Kier alpha value is -1.31. The number of esters is 2. The van der Waals surface area contributed by atoms with Gasteiger partial charge in [-0.1, -0.05) is 20.8 Å². The van der Waals surface area contributed by atoms with Gasteiger partial charge in [-0.25, -0.2) is 18.0 Å². The van der Waals surface area contributed by atoms with Crippen molar-refractivity contribution in [1.29, 1.82) is 0 Å². The maximum absolute atomic E-state index is 13.2. The molecule has 38 heavy (non-hydrogen) atoms. The monoisotopic (exact) mass is 544 g/mol. The Kier molecular flexibility index (Phi) is 8.81. The van der Waals surface area contributed by atoms with Crippen LogP contribution in [-0.2, 0) is 19.1 Å². The van der Waals surface area contributed by atoms with Crippen LogP contribution in [0.5, 0.6) is 0 Å². The van der Waals surface area contributed by atoms with Gasteiger partial charge in [0.15, 0.2) is 12.8 Å². The Morgan fingerprint density at radius 1 is 0.974 bits per heavy atom. The highest BCUT2D eigenvalue weighted by molar-refractivity contribution is 5.76. The first-order valence-electron chi connectivity index (χ1n) is 14.8. The summed E-state index contributed by atoms with van der Waals surface area (Å²) in [7, 11) is 0. The Balaban J connectivity index is 1.25. The van der Waals surface area contributed by atoms with Gasteiger partial charge in [0, 0.05) is 13.3 Å². The van der Waals surface area contributed by atoms with Crippen LogP contribution in [0.4, 0.5) is 13.2 Å². The van der Waals surface area contributed by atoms with E-state index in [9.17, 15) is 27.9 Å². The first-order chi connectivity index (χ1) is 17.8. The minimum Gasteiger partial charge on any atom is -0.460 e. The molecular formula is C30H47F3O5. The maximum atomic E-state index is 13.2. The van der Waals surface area contributed by atoms with Crippen LogP contribution in [0.2, 0.25) is 0 Å². The fourth-order valence-electron chi connectivity index (χ4n) is 9.32. The van der Waals surface area contributed by atoms with Gasteiger partial charge in [-0.05, 0) is 111 Å². The van der Waals surface area contributed by atoms with Crippen LogP contribution >= 0.6 is 0 Å². The third-order valence-corrected chi connectivity index (χ3v) is 11.5. The molecule has 8 heteroatoms. The first kappa shape index (κ1) is 29.7. The van der Waals surface area contributed by atoms with Crippen LogP contribution in [-0.4, -0.2) is 48.5 Å². The van der Waals surface area contributed by atoms with E-state index in [-0.39, 0.29) is 17.9 Å². The van der Waals surface area contributed by atoms with E-state index in [2.05, 4.69) is 25.5 Å². The van der Waals surface area contributed by atoms with E-state index in [0.29, 0.717) is 36.5 Å². The van der Waals surface area contributed by atoms with Crippen LogP contribution in [0.1, 0.15) is 98.3 Å². The zero-order chi connectivity index (χ0) is 27.9. The van der Waals surface area contributed by atoms with Crippen molar-refractivity contribution in [2.24, 2.45) is 46.3 Å². The summed E-state index contributed by atoms with van der Waals surface area (Å²) in [6.07, 6.45) is 8.63. The first-order valence-corrected chi connectivity index (χ1v) is 14.8. The number of aliphatic hydroxyl groups excluding tert-OH is 1. The molecule has 0 aromatic carbocycles. The lowest BCUT2D eigenvalue weighted by Gasteiger charge is -2.61. The van der Waals surface area contributed by atoms with Gasteiger partial charge >= 0.3 is 11.9 Å². The van der Waals surface area contributed by atoms with Crippen molar-refractivity contribution in [2.45, 2.75) is 117 Å². The molecule has 0 aromatic heterocycles. The van der Waals surface area contributed by atoms with E-state index in [0.717, 1.165) is 37.0 Å². The SMILES string of the molecule is C[C@H](CCC(=O)OCC(=O)OCC(F)C(C)(F)F)[C@H]1CC[C@H]2[C@@H]3CC[C@@H]4C[C@H](O)CC[C@]4(C)[C@H]3CC[C@]12C. The summed E-state index contributed by atoms with van der Waals surface area (Å²) in [5, 5.41) is 10.3. The third kappa shape index (κ3) is 5.90. The fourth-order valence-corrected chi connectivity index (χ4v) is 9.32. The summed E-state index contributed by atoms with van der Waals surface area (Å²) in [6, 6.07) is 0. The lowest BCUT2D eigenvalue weighted by atomic mass is 9.44. The van der Waals surface area contributed by atoms with Crippen molar-refractivity contribution < 1.29 is 37.3 Å². The molecule has 4 aliphatic carbocycles. The lowest BCUT2D eigenvalue weighted by molar-refractivity contribution is -0.163. The summed E-state index contributed by atoms with van der Waals surface area (Å²) in [6.45, 7) is 5.86. The third-order valence-electron chi connectivity index (χ3n) is 11.5. The molecule has 10 atom stereocenters. The number of ether oxygens (including phenoxy) is 2. The van der Waals surface area contributed by atoms with Crippen molar-refractivity contribution in [2.75, 3.05) is 13.2 Å². The summed E-state index contributed by atoms with van der Waals surface area (Å²) in [4.78, 5) is 23.9. The predicted octanol–water partition coefficient (Wildman–Crippen LogP) is 6.50. The molecule has 4 aliphatic rings. The molecule has 218 valence electrons. The van der Waals surface area contributed by atoms with Gasteiger partial charge in [-0.15, -0.1) is 0 Å². The van der Waals surface area contributed by atoms with Crippen molar-refractivity contribution in [1.82, 2.24) is 0 Å². The molecule has 0 spiro atoms. The highest BCUT2D eigenvalue weighted by Crippen LogP contribution is 2.68. The molecule has 0 bridgehead atoms. The second-order valence-electron chi connectivity index (χ2n) is 13.6. The molecule has 4 rings (SSSR count). The van der Waals surface area contributed by atoms with Crippen LogP contribution < -0.4 is 0 Å². The van der Waals surface area contributed by atoms with Crippen molar-refractivity contribution in [3.05, 3.63) is 0 Å². The van der Waals surface area contributed by atoms with Crippen LogP contribution in [0, 0.1) is 46.3 Å². The molecule has 4 saturated carbocycles. The molecule has 0 amide bonds. The zero-order valence-corrected chi connectivity index (χ0v) is 23.5. The maximum Gasteiger partial charge on any atom is 0.344 e. The molecular weight excluding hydrogens is 497 g/mol. The normalized spacial score (nSPS) is 40.3. The van der Waals surface area contributed by atoms with Gasteiger partial charge in [0.1, 0.15) is 6.61 Å². The number of hydrogen-bond acceptors (Lipinski definition) is 5. The van der Waals surface area contributed by atoms with E-state index < -0.39 is 37.2 Å². The molecule has 0 heterocycles. The fraction of sp³-hybridized carbons (Fsp3) is 0.933. The molecule has 1 unspecified atom stereocenters. The number of fused-ring (bicyclic) bond motifs is 5. The summed E-state index contributed by atoms with van der Waals surface area (Å²) in [5.74, 6) is -1.38. The topological polar surface area (TPSA) is 72.8 Å². The molecule has 0 aromatic rings. The smallest absolute Gasteiger partial charge is 0.344 e. The predicted molar refractivity (Wildman–Crippen MR) is 137 cm³/mol. The molecule has 0 radical (unpaired) electrons. The Morgan fingerprint density at radius 2 is 1.66 bits per heavy atom. The van der Waals surface area contributed by atoms with E-state index in [1.807, 2.05) is 0 Å². The highest BCUT2D eigenvalue weighted by Gasteiger charge is 2.60. The van der Waals surface area contributed by atoms with Crippen LogP contribution in [0.15, 0.2) is 0 Å². The Morgan fingerprint density at radius 3 is 2.37 bits per heavy atom. The summed E-state index contributed by atoms with van der Waals surface area (Å²) >= 11 is 0. The van der Waals surface area contributed by atoms with Gasteiger partial charge < -0.3 is 14.6 Å². The van der Waals surface area contributed by atoms with Gasteiger partial charge in [-0.3, -0.25) is 4.79 Å². The van der Waals surface area contributed by atoms with Crippen LogP contribution in [0.3, 0.4) is 0 Å². The van der Waals surface area contributed by atoms with Crippen molar-refractivity contribution in [3.8, 4) is 0 Å². The van der Waals surface area contributed by atoms with Gasteiger partial charge in [0.25, 0.3) is 5.92 Å². The van der Waals surface area contributed by atoms with E-state index in [1.165, 1.54) is 38.5 Å². The number of halogens is 3. The minimum atomic E-state index is -3.60. The molecule has 4 fully saturated rings.